The van der Waals surface area contributed by atoms with Crippen molar-refractivity contribution in [1.82, 2.24) is 10.6 Å². The van der Waals surface area contributed by atoms with Crippen LogP contribution in [0.5, 0.6) is 0 Å². The molecule has 2 amide bonds. The van der Waals surface area contributed by atoms with Crippen LogP contribution in [0.25, 0.3) is 0 Å². The molecular weight excluding hydrogens is 375 g/mol. The van der Waals surface area contributed by atoms with Gasteiger partial charge in [0.2, 0.25) is 5.91 Å². The number of hydrogen-bond donors (Lipinski definition) is 3. The zero-order valence-corrected chi connectivity index (χ0v) is 18.3. The van der Waals surface area contributed by atoms with Gasteiger partial charge in [0.15, 0.2) is 0 Å². The summed E-state index contributed by atoms with van der Waals surface area (Å²) >= 11 is 0. The molecule has 0 spiro atoms. The molecule has 9 heteroatoms. The van der Waals surface area contributed by atoms with Crippen LogP contribution in [0.2, 0.25) is 0 Å². The second-order valence-corrected chi connectivity index (χ2v) is 6.19. The molecule has 1 aromatic rings. The number of hydrogen-bond acceptors (Lipinski definition) is 6. The van der Waals surface area contributed by atoms with E-state index in [4.69, 9.17) is 4.74 Å². The van der Waals surface area contributed by atoms with Crippen molar-refractivity contribution in [1.29, 1.82) is 0 Å². The van der Waals surface area contributed by atoms with E-state index in [0.29, 0.717) is 19.4 Å². The van der Waals surface area contributed by atoms with Gasteiger partial charge >= 0.3 is 35.7 Å². The van der Waals surface area contributed by atoms with E-state index in [2.05, 4.69) is 10.6 Å². The molecule has 28 heavy (non-hydrogen) atoms. The minimum atomic E-state index is -1.35. The number of carboxylic acid groups (broad SMARTS) is 1. The zero-order chi connectivity index (χ0) is 19.9. The van der Waals surface area contributed by atoms with Gasteiger partial charge in [-0.2, -0.15) is 0 Å². The first-order valence-electron chi connectivity index (χ1n) is 9.06. The Morgan fingerprint density at radius 2 is 1.71 bits per heavy atom. The van der Waals surface area contributed by atoms with Crippen molar-refractivity contribution in [2.75, 3.05) is 13.1 Å². The number of ether oxygens (including phenoxy) is 1. The van der Waals surface area contributed by atoms with E-state index < -0.39 is 24.6 Å². The summed E-state index contributed by atoms with van der Waals surface area (Å²) in [5, 5.41) is 24.7. The maximum Gasteiger partial charge on any atom is 1.00 e. The summed E-state index contributed by atoms with van der Waals surface area (Å²) in [6.45, 7) is 0.649. The number of carbonyl (C=O) groups excluding carboxylic acids is 3. The van der Waals surface area contributed by atoms with Gasteiger partial charge in [0.25, 0.3) is 0 Å². The van der Waals surface area contributed by atoms with Gasteiger partial charge < -0.3 is 30.4 Å². The quantitative estimate of drug-likeness (QED) is 0.247. The van der Waals surface area contributed by atoms with Gasteiger partial charge in [-0.25, -0.2) is 4.79 Å². The number of alkyl carbamates (subject to hydrolysis) is 1. The standard InChI is InChI=1S/C19H28N2O6.Na/c22-16(12-18(24)25)13-21-17(23)10-6-1-2-7-11-20-19(26)27-14-15-8-4-3-5-9-15;/h3-5,8-9,16,22H,1-2,6-7,10-14H2,(H,20,26)(H,21,23)(H,24,25);/q;+1/p-1. The molecule has 150 valence electrons. The molecular formula is C19H27N2NaO6. The molecule has 0 aliphatic carbocycles. The van der Waals surface area contributed by atoms with E-state index in [-0.39, 0.29) is 48.6 Å². The van der Waals surface area contributed by atoms with E-state index in [1.54, 1.807) is 0 Å². The molecule has 1 rings (SSSR count). The fraction of sp³-hybridized carbons (Fsp3) is 0.526. The van der Waals surface area contributed by atoms with Crippen molar-refractivity contribution in [2.45, 2.75) is 51.2 Å². The normalized spacial score (nSPS) is 11.0. The maximum absolute atomic E-state index is 11.5. The Balaban J connectivity index is 0.00000729. The number of aliphatic carboxylic acids is 1. The topological polar surface area (TPSA) is 128 Å². The number of benzene rings is 1. The van der Waals surface area contributed by atoms with Crippen LogP contribution in [-0.4, -0.2) is 42.3 Å². The zero-order valence-electron chi connectivity index (χ0n) is 16.3. The average molecular weight is 402 g/mol. The van der Waals surface area contributed by atoms with E-state index >= 15 is 0 Å². The van der Waals surface area contributed by atoms with Gasteiger partial charge in [0.1, 0.15) is 6.61 Å². The van der Waals surface area contributed by atoms with Crippen LogP contribution in [-0.2, 0) is 20.9 Å². The van der Waals surface area contributed by atoms with Crippen LogP contribution in [0.4, 0.5) is 4.79 Å². The maximum atomic E-state index is 11.5. The van der Waals surface area contributed by atoms with Crippen molar-refractivity contribution in [3.63, 3.8) is 0 Å². The Morgan fingerprint density at radius 1 is 1.04 bits per heavy atom. The Kier molecular flexibility index (Phi) is 15.4. The predicted molar refractivity (Wildman–Crippen MR) is 96.4 cm³/mol. The molecule has 0 aliphatic heterocycles. The minimum Gasteiger partial charge on any atom is -0.550 e. The summed E-state index contributed by atoms with van der Waals surface area (Å²) in [5.41, 5.74) is 0.929. The Morgan fingerprint density at radius 3 is 2.39 bits per heavy atom. The molecule has 1 aromatic carbocycles. The fourth-order valence-electron chi connectivity index (χ4n) is 2.31. The number of carboxylic acids is 1. The summed E-state index contributed by atoms with van der Waals surface area (Å²) in [6, 6.07) is 9.42. The Labute approximate surface area is 187 Å². The van der Waals surface area contributed by atoms with Crippen molar-refractivity contribution in [2.24, 2.45) is 0 Å². The molecule has 0 saturated carbocycles. The number of aliphatic hydroxyl groups excluding tert-OH is 1. The van der Waals surface area contributed by atoms with Gasteiger partial charge in [0.05, 0.1) is 6.10 Å². The SMILES string of the molecule is O=C([O-])CC(O)CNC(=O)CCCCCCNC(=O)OCc1ccccc1.[Na+]. The van der Waals surface area contributed by atoms with Crippen molar-refractivity contribution >= 4 is 18.0 Å². The number of rotatable bonds is 13. The fourth-order valence-corrected chi connectivity index (χ4v) is 2.31. The van der Waals surface area contributed by atoms with Gasteiger partial charge in [-0.1, -0.05) is 43.2 Å². The van der Waals surface area contributed by atoms with E-state index in [0.717, 1.165) is 24.8 Å². The molecule has 0 radical (unpaired) electrons. The van der Waals surface area contributed by atoms with Crippen molar-refractivity contribution in [3.05, 3.63) is 35.9 Å². The summed E-state index contributed by atoms with van der Waals surface area (Å²) < 4.78 is 5.09. The van der Waals surface area contributed by atoms with Gasteiger partial charge in [-0.15, -0.1) is 0 Å². The molecule has 8 nitrogen and oxygen atoms in total. The molecule has 0 heterocycles. The molecule has 0 bridgehead atoms. The summed E-state index contributed by atoms with van der Waals surface area (Å²) in [5.74, 6) is -1.58. The van der Waals surface area contributed by atoms with Crippen molar-refractivity contribution < 1.29 is 58.9 Å². The molecule has 3 N–H and O–H groups in total. The first-order valence-corrected chi connectivity index (χ1v) is 9.06. The van der Waals surface area contributed by atoms with Crippen LogP contribution in [0.1, 0.15) is 44.1 Å². The number of carbonyl (C=O) groups is 3. The Bertz CT molecular complexity index is 585. The summed E-state index contributed by atoms with van der Waals surface area (Å²) in [4.78, 5) is 33.4. The summed E-state index contributed by atoms with van der Waals surface area (Å²) in [6.07, 6.45) is 1.38. The van der Waals surface area contributed by atoms with Crippen LogP contribution >= 0.6 is 0 Å². The Hall–Kier alpha value is -1.61. The van der Waals surface area contributed by atoms with E-state index in [9.17, 15) is 24.6 Å². The number of aliphatic hydroxyl groups is 1. The smallest absolute Gasteiger partial charge is 0.550 e. The van der Waals surface area contributed by atoms with Gasteiger partial charge in [-0.3, -0.25) is 4.79 Å². The monoisotopic (exact) mass is 402 g/mol. The van der Waals surface area contributed by atoms with Gasteiger partial charge in [0, 0.05) is 31.9 Å². The third-order valence-corrected chi connectivity index (χ3v) is 3.75. The number of unbranched alkanes of at least 4 members (excludes halogenated alkanes) is 3. The first kappa shape index (κ1) is 26.4. The molecule has 0 aromatic heterocycles. The minimum absolute atomic E-state index is 0. The molecule has 0 aliphatic rings. The predicted octanol–water partition coefficient (Wildman–Crippen LogP) is -2.52. The third-order valence-electron chi connectivity index (χ3n) is 3.75. The van der Waals surface area contributed by atoms with Crippen LogP contribution in [0.3, 0.4) is 0 Å². The van der Waals surface area contributed by atoms with E-state index in [1.807, 2.05) is 30.3 Å². The van der Waals surface area contributed by atoms with Crippen molar-refractivity contribution in [3.8, 4) is 0 Å². The number of nitrogens with one attached hydrogen (secondary N) is 2. The largest absolute Gasteiger partial charge is 1.00 e. The molecule has 1 unspecified atom stereocenters. The van der Waals surface area contributed by atoms with Crippen LogP contribution in [0.15, 0.2) is 30.3 Å². The average Bonchev–Trinajstić information content (AvgIpc) is 2.64. The molecule has 1 atom stereocenters. The number of amides is 2. The molecule has 0 fully saturated rings. The second-order valence-electron chi connectivity index (χ2n) is 6.19. The third kappa shape index (κ3) is 14.4. The first-order chi connectivity index (χ1) is 13.0. The summed E-state index contributed by atoms with van der Waals surface area (Å²) in [7, 11) is 0. The molecule has 0 saturated heterocycles. The van der Waals surface area contributed by atoms with Crippen LogP contribution in [0, 0.1) is 0 Å². The van der Waals surface area contributed by atoms with Crippen LogP contribution < -0.4 is 45.3 Å². The van der Waals surface area contributed by atoms with E-state index in [1.165, 1.54) is 0 Å². The second kappa shape index (κ2) is 16.4. The van der Waals surface area contributed by atoms with Gasteiger partial charge in [-0.05, 0) is 18.4 Å².